The van der Waals surface area contributed by atoms with Gasteiger partial charge in [0.1, 0.15) is 17.2 Å². The van der Waals surface area contributed by atoms with Gasteiger partial charge in [0, 0.05) is 12.3 Å². The van der Waals surface area contributed by atoms with E-state index in [4.69, 9.17) is 29.4 Å². The number of carboxylic acids is 1. The maximum Gasteiger partial charge on any atom is 0.514 e. The van der Waals surface area contributed by atoms with E-state index in [1.807, 2.05) is 0 Å². The molecule has 3 atom stereocenters. The van der Waals surface area contributed by atoms with Crippen LogP contribution in [0.25, 0.3) is 0 Å². The molecule has 0 saturated carbocycles. The van der Waals surface area contributed by atoms with Crippen LogP contribution < -0.4 is 15.2 Å². The molecular weight excluding hydrogens is 474 g/mol. The fraction of sp³-hybridized carbons (Fsp3) is 0.600. The Morgan fingerprint density at radius 2 is 1.42 bits per heavy atom. The van der Waals surface area contributed by atoms with Crippen LogP contribution in [0, 0.1) is 0 Å². The van der Waals surface area contributed by atoms with Crippen molar-refractivity contribution in [2.75, 3.05) is 0 Å². The summed E-state index contributed by atoms with van der Waals surface area (Å²) in [5, 5.41) is 9.55. The van der Waals surface area contributed by atoms with Gasteiger partial charge in [0.2, 0.25) is 0 Å². The van der Waals surface area contributed by atoms with Crippen LogP contribution in [0.3, 0.4) is 0 Å². The predicted octanol–water partition coefficient (Wildman–Crippen LogP) is 4.54. The number of hydrogen-bond donors (Lipinski definition) is 2. The quantitative estimate of drug-likeness (QED) is 0.272. The zero-order chi connectivity index (χ0) is 27.8. The van der Waals surface area contributed by atoms with Gasteiger partial charge in [-0.15, -0.1) is 0 Å². The number of benzene rings is 1. The molecule has 1 aromatic rings. The average Bonchev–Trinajstić information content (AvgIpc) is 2.69. The highest BCUT2D eigenvalue weighted by molar-refractivity contribution is 5.75. The van der Waals surface area contributed by atoms with Crippen molar-refractivity contribution >= 4 is 24.2 Å². The zero-order valence-electron chi connectivity index (χ0n) is 22.1. The highest BCUT2D eigenvalue weighted by Crippen LogP contribution is 2.35. The highest BCUT2D eigenvalue weighted by atomic mass is 16.8. The van der Waals surface area contributed by atoms with Crippen LogP contribution >= 0.6 is 0 Å². The van der Waals surface area contributed by atoms with Gasteiger partial charge in [0.25, 0.3) is 0 Å². The summed E-state index contributed by atoms with van der Waals surface area (Å²) in [7, 11) is 0. The standard InChI is InChI=1S/C25H37NO10/c1-9-19(27)32-14(2)12-16(20(26)21(28)29)15-10-11-17(33-22(30)35-24(3,4)5)18(13-15)34-23(31)36-25(6,7)8/h10-11,13-14,16,20H,9,12,26H2,1-8H3,(H,28,29)/t14?,16?,20-/m0/s1. The van der Waals surface area contributed by atoms with Crippen molar-refractivity contribution in [3.63, 3.8) is 0 Å². The number of carboxylic acid groups (broad SMARTS) is 1. The molecule has 0 amide bonds. The fourth-order valence-corrected chi connectivity index (χ4v) is 3.02. The first-order valence-corrected chi connectivity index (χ1v) is 11.5. The molecule has 11 nitrogen and oxygen atoms in total. The summed E-state index contributed by atoms with van der Waals surface area (Å²) in [6.45, 7) is 13.1. The lowest BCUT2D eigenvalue weighted by Gasteiger charge is -2.26. The minimum atomic E-state index is -1.38. The Kier molecular flexibility index (Phi) is 10.7. The summed E-state index contributed by atoms with van der Waals surface area (Å²) in [6.07, 6.45) is -2.54. The van der Waals surface area contributed by atoms with E-state index in [2.05, 4.69) is 0 Å². The SMILES string of the molecule is CCC(=O)OC(C)CC(c1ccc(OC(=O)OC(C)(C)C)c(OC(=O)OC(C)(C)C)c1)[C@H](N)C(=O)O. The van der Waals surface area contributed by atoms with Crippen LogP contribution in [0.2, 0.25) is 0 Å². The molecule has 0 fully saturated rings. The molecule has 0 aliphatic carbocycles. The van der Waals surface area contributed by atoms with Crippen molar-refractivity contribution in [1.82, 2.24) is 0 Å². The molecule has 3 N–H and O–H groups in total. The molecule has 1 rings (SSSR count). The number of ether oxygens (including phenoxy) is 5. The summed E-state index contributed by atoms with van der Waals surface area (Å²) in [5.41, 5.74) is 4.59. The van der Waals surface area contributed by atoms with E-state index in [0.717, 1.165) is 0 Å². The van der Waals surface area contributed by atoms with E-state index >= 15 is 0 Å². The number of carbonyl (C=O) groups excluding carboxylic acids is 3. The number of nitrogens with two attached hydrogens (primary N) is 1. The van der Waals surface area contributed by atoms with Crippen molar-refractivity contribution in [3.8, 4) is 11.5 Å². The van der Waals surface area contributed by atoms with E-state index in [-0.39, 0.29) is 24.3 Å². The number of aliphatic carboxylic acids is 1. The molecule has 2 unspecified atom stereocenters. The van der Waals surface area contributed by atoms with Crippen LogP contribution in [-0.2, 0) is 23.8 Å². The fourth-order valence-electron chi connectivity index (χ4n) is 3.02. The third-order valence-corrected chi connectivity index (χ3v) is 4.49. The van der Waals surface area contributed by atoms with Crippen molar-refractivity contribution in [2.24, 2.45) is 5.73 Å². The second-order valence-corrected chi connectivity index (χ2v) is 10.2. The van der Waals surface area contributed by atoms with E-state index in [1.165, 1.54) is 18.2 Å². The Labute approximate surface area is 211 Å². The van der Waals surface area contributed by atoms with Crippen LogP contribution in [0.1, 0.15) is 79.7 Å². The molecular formula is C25H37NO10. The number of rotatable bonds is 9. The van der Waals surface area contributed by atoms with Crippen molar-refractivity contribution in [1.29, 1.82) is 0 Å². The molecule has 202 valence electrons. The normalized spacial score (nSPS) is 14.1. The monoisotopic (exact) mass is 511 g/mol. The predicted molar refractivity (Wildman–Crippen MR) is 129 cm³/mol. The van der Waals surface area contributed by atoms with Gasteiger partial charge in [-0.1, -0.05) is 13.0 Å². The van der Waals surface area contributed by atoms with Crippen LogP contribution in [-0.4, -0.2) is 52.7 Å². The molecule has 0 bridgehead atoms. The Morgan fingerprint density at radius 1 is 0.917 bits per heavy atom. The lowest BCUT2D eigenvalue weighted by molar-refractivity contribution is -0.148. The maximum atomic E-state index is 12.4. The molecule has 0 radical (unpaired) electrons. The molecule has 0 aliphatic rings. The summed E-state index contributed by atoms with van der Waals surface area (Å²) < 4.78 is 26.1. The Balaban J connectivity index is 3.41. The van der Waals surface area contributed by atoms with E-state index in [0.29, 0.717) is 5.56 Å². The number of carbonyl (C=O) groups is 4. The minimum absolute atomic E-state index is 0.0668. The van der Waals surface area contributed by atoms with Gasteiger partial charge in [-0.2, -0.15) is 0 Å². The van der Waals surface area contributed by atoms with Crippen LogP contribution in [0.15, 0.2) is 18.2 Å². The molecule has 0 heterocycles. The molecule has 0 spiro atoms. The lowest BCUT2D eigenvalue weighted by Crippen LogP contribution is -2.38. The van der Waals surface area contributed by atoms with Gasteiger partial charge in [0.15, 0.2) is 11.5 Å². The summed E-state index contributed by atoms with van der Waals surface area (Å²) in [5.74, 6) is -2.95. The Morgan fingerprint density at radius 3 is 1.86 bits per heavy atom. The first-order chi connectivity index (χ1) is 16.4. The summed E-state index contributed by atoms with van der Waals surface area (Å²) >= 11 is 0. The Bertz CT molecular complexity index is 945. The molecule has 0 aromatic heterocycles. The summed E-state index contributed by atoms with van der Waals surface area (Å²) in [4.78, 5) is 48.0. The third-order valence-electron chi connectivity index (χ3n) is 4.49. The third kappa shape index (κ3) is 10.9. The maximum absolute atomic E-state index is 12.4. The van der Waals surface area contributed by atoms with Gasteiger partial charge in [-0.3, -0.25) is 9.59 Å². The lowest BCUT2D eigenvalue weighted by atomic mass is 9.87. The van der Waals surface area contributed by atoms with Gasteiger partial charge in [-0.05, 0) is 72.6 Å². The second kappa shape index (κ2) is 12.6. The van der Waals surface area contributed by atoms with Gasteiger partial charge in [0.05, 0.1) is 6.10 Å². The van der Waals surface area contributed by atoms with Crippen molar-refractivity contribution in [2.45, 2.75) is 97.5 Å². The smallest absolute Gasteiger partial charge is 0.480 e. The highest BCUT2D eigenvalue weighted by Gasteiger charge is 2.31. The largest absolute Gasteiger partial charge is 0.514 e. The molecule has 1 aromatic carbocycles. The van der Waals surface area contributed by atoms with Crippen molar-refractivity contribution in [3.05, 3.63) is 23.8 Å². The van der Waals surface area contributed by atoms with E-state index in [1.54, 1.807) is 55.4 Å². The number of esters is 1. The average molecular weight is 512 g/mol. The topological polar surface area (TPSA) is 161 Å². The van der Waals surface area contributed by atoms with Gasteiger partial charge < -0.3 is 34.5 Å². The zero-order valence-corrected chi connectivity index (χ0v) is 22.1. The van der Waals surface area contributed by atoms with Crippen molar-refractivity contribution < 1.29 is 48.0 Å². The Hall–Kier alpha value is -3.34. The van der Waals surface area contributed by atoms with E-state index < -0.39 is 53.5 Å². The first kappa shape index (κ1) is 30.7. The van der Waals surface area contributed by atoms with Gasteiger partial charge >= 0.3 is 24.2 Å². The molecule has 36 heavy (non-hydrogen) atoms. The molecule has 11 heteroatoms. The van der Waals surface area contributed by atoms with Crippen LogP contribution in [0.5, 0.6) is 11.5 Å². The molecule has 0 saturated heterocycles. The number of hydrogen-bond acceptors (Lipinski definition) is 10. The second-order valence-electron chi connectivity index (χ2n) is 10.2. The summed E-state index contributed by atoms with van der Waals surface area (Å²) in [6, 6.07) is 2.75. The minimum Gasteiger partial charge on any atom is -0.480 e. The van der Waals surface area contributed by atoms with E-state index in [9.17, 15) is 24.3 Å². The first-order valence-electron chi connectivity index (χ1n) is 11.5. The van der Waals surface area contributed by atoms with Crippen LogP contribution in [0.4, 0.5) is 9.59 Å². The van der Waals surface area contributed by atoms with Gasteiger partial charge in [-0.25, -0.2) is 9.59 Å². The molecule has 0 aliphatic heterocycles.